The first-order valence-corrected chi connectivity index (χ1v) is 5.21. The highest BCUT2D eigenvalue weighted by Gasteiger charge is 2.10. The maximum atomic E-state index is 5.49. The molecular formula is C12H17N. The van der Waals surface area contributed by atoms with Crippen molar-refractivity contribution in [1.82, 2.24) is 0 Å². The van der Waals surface area contributed by atoms with Crippen LogP contribution in [0.5, 0.6) is 0 Å². The van der Waals surface area contributed by atoms with E-state index in [9.17, 15) is 0 Å². The smallest absolute Gasteiger partial charge is 0.00741 e. The third-order valence-corrected chi connectivity index (χ3v) is 2.83. The molecule has 1 nitrogen and oxygen atoms in total. The molecule has 0 aliphatic heterocycles. The van der Waals surface area contributed by atoms with Crippen molar-refractivity contribution >= 4 is 0 Å². The molecule has 0 amide bonds. The summed E-state index contributed by atoms with van der Waals surface area (Å²) >= 11 is 0. The van der Waals surface area contributed by atoms with E-state index in [1.165, 1.54) is 24.8 Å². The Hall–Kier alpha value is -0.820. The first-order valence-electron chi connectivity index (χ1n) is 5.21. The zero-order chi connectivity index (χ0) is 9.10. The number of benzene rings is 1. The molecule has 0 saturated carbocycles. The second-order valence-corrected chi connectivity index (χ2v) is 3.85. The van der Waals surface area contributed by atoms with Gasteiger partial charge in [-0.15, -0.1) is 0 Å². The molecule has 2 N–H and O–H groups in total. The molecule has 13 heavy (non-hydrogen) atoms. The lowest BCUT2D eigenvalue weighted by Crippen LogP contribution is -2.00. The Morgan fingerprint density at radius 2 is 2.00 bits per heavy atom. The number of aryl methyl sites for hydroxylation is 3. The Morgan fingerprint density at radius 1 is 1.15 bits per heavy atom. The zero-order valence-corrected chi connectivity index (χ0v) is 8.05. The van der Waals surface area contributed by atoms with Crippen LogP contribution >= 0.6 is 0 Å². The van der Waals surface area contributed by atoms with Crippen molar-refractivity contribution in [1.29, 1.82) is 0 Å². The quantitative estimate of drug-likeness (QED) is 0.747. The number of hydrogen-bond donors (Lipinski definition) is 1. The first-order chi connectivity index (χ1) is 6.40. The van der Waals surface area contributed by atoms with E-state index in [2.05, 4.69) is 18.2 Å². The lowest BCUT2D eigenvalue weighted by molar-refractivity contribution is 0.831. The number of fused-ring (bicyclic) bond motifs is 1. The van der Waals surface area contributed by atoms with Crippen molar-refractivity contribution in [3.05, 3.63) is 34.9 Å². The Kier molecular flexibility index (Phi) is 2.65. The second-order valence-electron chi connectivity index (χ2n) is 3.85. The highest BCUT2D eigenvalue weighted by Crippen LogP contribution is 2.23. The minimum absolute atomic E-state index is 0.803. The van der Waals surface area contributed by atoms with Crippen LogP contribution in [0.4, 0.5) is 0 Å². The first kappa shape index (κ1) is 8.76. The summed E-state index contributed by atoms with van der Waals surface area (Å²) in [4.78, 5) is 0. The predicted molar refractivity (Wildman–Crippen MR) is 55.8 cm³/mol. The molecule has 0 fully saturated rings. The Morgan fingerprint density at radius 3 is 2.85 bits per heavy atom. The summed E-state index contributed by atoms with van der Waals surface area (Å²) < 4.78 is 0. The molecule has 1 aromatic carbocycles. The predicted octanol–water partition coefficient (Wildman–Crippen LogP) is 2.07. The van der Waals surface area contributed by atoms with Crippen LogP contribution < -0.4 is 5.73 Å². The minimum atomic E-state index is 0.803. The van der Waals surface area contributed by atoms with Gasteiger partial charge in [0.2, 0.25) is 0 Å². The maximum Gasteiger partial charge on any atom is -0.00741 e. The SMILES string of the molecule is NCCCc1ccc2c(c1)CCC2. The van der Waals surface area contributed by atoms with Gasteiger partial charge in [0, 0.05) is 0 Å². The summed E-state index contributed by atoms with van der Waals surface area (Å²) in [7, 11) is 0. The average molecular weight is 175 g/mol. The van der Waals surface area contributed by atoms with Gasteiger partial charge in [0.05, 0.1) is 0 Å². The van der Waals surface area contributed by atoms with E-state index in [4.69, 9.17) is 5.73 Å². The molecule has 70 valence electrons. The third kappa shape index (κ3) is 1.92. The van der Waals surface area contributed by atoms with Gasteiger partial charge in [0.1, 0.15) is 0 Å². The highest BCUT2D eigenvalue weighted by molar-refractivity contribution is 5.35. The number of nitrogens with two attached hydrogens (primary N) is 1. The molecule has 1 aliphatic rings. The van der Waals surface area contributed by atoms with E-state index in [-0.39, 0.29) is 0 Å². The lowest BCUT2D eigenvalue weighted by Gasteiger charge is -2.03. The van der Waals surface area contributed by atoms with Crippen LogP contribution in [0.3, 0.4) is 0 Å². The molecule has 0 aromatic heterocycles. The van der Waals surface area contributed by atoms with Crippen LogP contribution in [0, 0.1) is 0 Å². The largest absolute Gasteiger partial charge is 0.330 e. The van der Waals surface area contributed by atoms with Gasteiger partial charge in [-0.2, -0.15) is 0 Å². The highest BCUT2D eigenvalue weighted by atomic mass is 14.5. The van der Waals surface area contributed by atoms with E-state index in [0.717, 1.165) is 19.4 Å². The molecule has 0 spiro atoms. The fraction of sp³-hybridized carbons (Fsp3) is 0.500. The van der Waals surface area contributed by atoms with Crippen molar-refractivity contribution in [3.63, 3.8) is 0 Å². The molecule has 1 heteroatoms. The van der Waals surface area contributed by atoms with Gasteiger partial charge in [-0.3, -0.25) is 0 Å². The molecule has 0 saturated heterocycles. The van der Waals surface area contributed by atoms with Gasteiger partial charge in [-0.1, -0.05) is 18.2 Å². The molecule has 1 aromatic rings. The van der Waals surface area contributed by atoms with Gasteiger partial charge in [-0.25, -0.2) is 0 Å². The minimum Gasteiger partial charge on any atom is -0.330 e. The third-order valence-electron chi connectivity index (χ3n) is 2.83. The average Bonchev–Trinajstić information content (AvgIpc) is 2.61. The molecule has 0 heterocycles. The van der Waals surface area contributed by atoms with Crippen LogP contribution in [-0.2, 0) is 19.3 Å². The van der Waals surface area contributed by atoms with Crippen molar-refractivity contribution in [3.8, 4) is 0 Å². The van der Waals surface area contributed by atoms with Gasteiger partial charge in [0.25, 0.3) is 0 Å². The summed E-state index contributed by atoms with van der Waals surface area (Å²) in [6.07, 6.45) is 6.16. The monoisotopic (exact) mass is 175 g/mol. The molecular weight excluding hydrogens is 158 g/mol. The standard InChI is InChI=1S/C12H17N/c13-8-2-3-10-6-7-11-4-1-5-12(11)9-10/h6-7,9H,1-5,8,13H2. The Balaban J connectivity index is 2.12. The van der Waals surface area contributed by atoms with Crippen LogP contribution in [-0.4, -0.2) is 6.54 Å². The van der Waals surface area contributed by atoms with Crippen LogP contribution in [0.1, 0.15) is 29.5 Å². The van der Waals surface area contributed by atoms with Crippen molar-refractivity contribution in [2.24, 2.45) is 5.73 Å². The van der Waals surface area contributed by atoms with Crippen molar-refractivity contribution in [2.45, 2.75) is 32.1 Å². The molecule has 1 aliphatic carbocycles. The van der Waals surface area contributed by atoms with E-state index in [1.54, 1.807) is 11.1 Å². The fourth-order valence-corrected chi connectivity index (χ4v) is 2.09. The van der Waals surface area contributed by atoms with E-state index in [1.807, 2.05) is 0 Å². The van der Waals surface area contributed by atoms with Gasteiger partial charge in [0.15, 0.2) is 0 Å². The summed E-state index contributed by atoms with van der Waals surface area (Å²) in [6, 6.07) is 6.94. The van der Waals surface area contributed by atoms with Crippen molar-refractivity contribution < 1.29 is 0 Å². The number of rotatable bonds is 3. The van der Waals surface area contributed by atoms with Crippen molar-refractivity contribution in [2.75, 3.05) is 6.54 Å². The Labute approximate surface area is 80.0 Å². The maximum absolute atomic E-state index is 5.49. The molecule has 0 atom stereocenters. The summed E-state index contributed by atoms with van der Waals surface area (Å²) in [5.41, 5.74) is 10.1. The van der Waals surface area contributed by atoms with Crippen LogP contribution in [0.25, 0.3) is 0 Å². The van der Waals surface area contributed by atoms with E-state index in [0.29, 0.717) is 0 Å². The zero-order valence-electron chi connectivity index (χ0n) is 8.05. The molecule has 0 unspecified atom stereocenters. The molecule has 0 radical (unpaired) electrons. The lowest BCUT2D eigenvalue weighted by atomic mass is 10.0. The fourth-order valence-electron chi connectivity index (χ4n) is 2.09. The Bertz CT molecular complexity index is 291. The second kappa shape index (κ2) is 3.93. The van der Waals surface area contributed by atoms with Gasteiger partial charge >= 0.3 is 0 Å². The summed E-state index contributed by atoms with van der Waals surface area (Å²) in [5.74, 6) is 0. The van der Waals surface area contributed by atoms with E-state index >= 15 is 0 Å². The van der Waals surface area contributed by atoms with Gasteiger partial charge < -0.3 is 5.73 Å². The van der Waals surface area contributed by atoms with Crippen LogP contribution in [0.2, 0.25) is 0 Å². The normalized spacial score (nSPS) is 14.5. The molecule has 2 rings (SSSR count). The summed E-state index contributed by atoms with van der Waals surface area (Å²) in [6.45, 7) is 0.803. The van der Waals surface area contributed by atoms with Crippen LogP contribution in [0.15, 0.2) is 18.2 Å². The topological polar surface area (TPSA) is 26.0 Å². The summed E-state index contributed by atoms with van der Waals surface area (Å²) in [5, 5.41) is 0. The molecule has 0 bridgehead atoms. The van der Waals surface area contributed by atoms with Gasteiger partial charge in [-0.05, 0) is 55.3 Å². The number of hydrogen-bond acceptors (Lipinski definition) is 1. The van der Waals surface area contributed by atoms with E-state index < -0.39 is 0 Å².